The summed E-state index contributed by atoms with van der Waals surface area (Å²) in [4.78, 5) is 10.9. The number of nitrogens with zero attached hydrogens (tertiary/aromatic N) is 5. The summed E-state index contributed by atoms with van der Waals surface area (Å²) in [6.07, 6.45) is 5.96. The van der Waals surface area contributed by atoms with Crippen LogP contribution in [0.5, 0.6) is 0 Å². The Balaban J connectivity index is 1.24. The van der Waals surface area contributed by atoms with Gasteiger partial charge in [0, 0.05) is 26.7 Å². The molecule has 0 aliphatic carbocycles. The molecule has 1 saturated heterocycles. The van der Waals surface area contributed by atoms with Crippen LogP contribution in [0.1, 0.15) is 35.1 Å². The van der Waals surface area contributed by atoms with Gasteiger partial charge in [-0.05, 0) is 48.2 Å². The van der Waals surface area contributed by atoms with Crippen molar-refractivity contribution < 1.29 is 0 Å². The number of benzene rings is 2. The zero-order chi connectivity index (χ0) is 21.3. The van der Waals surface area contributed by atoms with Crippen molar-refractivity contribution in [2.45, 2.75) is 39.0 Å². The Morgan fingerprint density at radius 1 is 0.903 bits per heavy atom. The van der Waals surface area contributed by atoms with E-state index in [9.17, 15) is 0 Å². The third-order valence-corrected chi connectivity index (χ3v) is 5.57. The van der Waals surface area contributed by atoms with E-state index in [-0.39, 0.29) is 0 Å². The Morgan fingerprint density at radius 2 is 1.61 bits per heavy atom. The normalized spacial score (nSPS) is 14.7. The molecule has 0 unspecified atom stereocenters. The molecule has 0 radical (unpaired) electrons. The van der Waals surface area contributed by atoms with Gasteiger partial charge in [0.1, 0.15) is 12.7 Å². The molecular weight excluding hydrogens is 386 g/mol. The van der Waals surface area contributed by atoms with Crippen molar-refractivity contribution in [3.63, 3.8) is 0 Å². The Morgan fingerprint density at radius 3 is 2.32 bits per heavy atom. The Hall–Kier alpha value is -3.19. The number of rotatable bonds is 8. The van der Waals surface area contributed by atoms with E-state index in [1.165, 1.54) is 48.2 Å². The first-order chi connectivity index (χ1) is 15.3. The summed E-state index contributed by atoms with van der Waals surface area (Å²) in [5, 5.41) is 11.0. The van der Waals surface area contributed by atoms with Crippen molar-refractivity contribution in [3.05, 3.63) is 83.4 Å². The van der Waals surface area contributed by atoms with Crippen LogP contribution < -0.4 is 10.6 Å². The molecule has 1 aliphatic rings. The number of nitrogens with one attached hydrogen (secondary N) is 2. The SMILES string of the molecule is CN=C(NCc1ccc(CN2CCCC2)cc1)NCc1cccc(Cn2cncn2)c1. The monoisotopic (exact) mass is 417 g/mol. The van der Waals surface area contributed by atoms with Gasteiger partial charge in [-0.1, -0.05) is 48.5 Å². The second-order valence-corrected chi connectivity index (χ2v) is 7.99. The molecule has 2 heterocycles. The van der Waals surface area contributed by atoms with Crippen LogP contribution in [0.25, 0.3) is 0 Å². The van der Waals surface area contributed by atoms with Crippen LogP contribution in [0.4, 0.5) is 0 Å². The summed E-state index contributed by atoms with van der Waals surface area (Å²) in [6, 6.07) is 17.4. The van der Waals surface area contributed by atoms with Gasteiger partial charge in [-0.2, -0.15) is 5.10 Å². The van der Waals surface area contributed by atoms with Crippen molar-refractivity contribution in [2.75, 3.05) is 20.1 Å². The van der Waals surface area contributed by atoms with Crippen molar-refractivity contribution in [1.82, 2.24) is 30.3 Å². The zero-order valence-corrected chi connectivity index (χ0v) is 18.2. The van der Waals surface area contributed by atoms with Gasteiger partial charge in [-0.15, -0.1) is 0 Å². The first kappa shape index (κ1) is 21.1. The molecular formula is C24H31N7. The second-order valence-electron chi connectivity index (χ2n) is 7.99. The van der Waals surface area contributed by atoms with Gasteiger partial charge in [-0.3, -0.25) is 9.89 Å². The van der Waals surface area contributed by atoms with E-state index in [0.29, 0.717) is 13.1 Å². The molecule has 2 aromatic carbocycles. The topological polar surface area (TPSA) is 70.4 Å². The molecule has 0 saturated carbocycles. The van der Waals surface area contributed by atoms with Crippen LogP contribution in [0.3, 0.4) is 0 Å². The molecule has 0 atom stereocenters. The molecule has 0 bridgehead atoms. The summed E-state index contributed by atoms with van der Waals surface area (Å²) in [5.41, 5.74) is 5.04. The van der Waals surface area contributed by atoms with Crippen LogP contribution >= 0.6 is 0 Å². The number of hydrogen-bond acceptors (Lipinski definition) is 4. The zero-order valence-electron chi connectivity index (χ0n) is 18.2. The third-order valence-electron chi connectivity index (χ3n) is 5.57. The number of aromatic nitrogens is 3. The standard InChI is InChI=1S/C24H31N7/c1-25-24(27-14-20-7-9-21(10-8-20)16-30-11-2-3-12-30)28-15-22-5-4-6-23(13-22)17-31-19-26-18-29-31/h4-10,13,18-19H,2-3,11-12,14-17H2,1H3,(H2,25,27,28). The van der Waals surface area contributed by atoms with Crippen molar-refractivity contribution in [3.8, 4) is 0 Å². The number of hydrogen-bond donors (Lipinski definition) is 2. The summed E-state index contributed by atoms with van der Waals surface area (Å²) >= 11 is 0. The Bertz CT molecular complexity index is 958. The fourth-order valence-electron chi connectivity index (χ4n) is 3.89. The number of guanidine groups is 1. The van der Waals surface area contributed by atoms with Gasteiger partial charge in [0.15, 0.2) is 5.96 Å². The molecule has 162 valence electrons. The van der Waals surface area contributed by atoms with E-state index in [2.05, 4.69) is 79.1 Å². The lowest BCUT2D eigenvalue weighted by Gasteiger charge is -2.15. The molecule has 1 fully saturated rings. The molecule has 3 aromatic rings. The first-order valence-corrected chi connectivity index (χ1v) is 10.9. The van der Waals surface area contributed by atoms with Gasteiger partial charge in [0.25, 0.3) is 0 Å². The highest BCUT2D eigenvalue weighted by atomic mass is 15.3. The molecule has 7 heteroatoms. The molecule has 2 N–H and O–H groups in total. The van der Waals surface area contributed by atoms with Gasteiger partial charge in [0.2, 0.25) is 0 Å². The average Bonchev–Trinajstić information content (AvgIpc) is 3.50. The lowest BCUT2D eigenvalue weighted by Crippen LogP contribution is -2.36. The maximum Gasteiger partial charge on any atom is 0.191 e. The van der Waals surface area contributed by atoms with Gasteiger partial charge in [0.05, 0.1) is 6.54 Å². The maximum absolute atomic E-state index is 4.35. The predicted molar refractivity (Wildman–Crippen MR) is 124 cm³/mol. The minimum atomic E-state index is 0.708. The third kappa shape index (κ3) is 6.39. The van der Waals surface area contributed by atoms with Crippen molar-refractivity contribution in [1.29, 1.82) is 0 Å². The van der Waals surface area contributed by atoms with Crippen molar-refractivity contribution in [2.24, 2.45) is 4.99 Å². The highest BCUT2D eigenvalue weighted by molar-refractivity contribution is 5.79. The van der Waals surface area contributed by atoms with Crippen LogP contribution in [-0.2, 0) is 26.2 Å². The fourth-order valence-corrected chi connectivity index (χ4v) is 3.89. The highest BCUT2D eigenvalue weighted by Crippen LogP contribution is 2.13. The summed E-state index contributed by atoms with van der Waals surface area (Å²) in [6.45, 7) is 5.69. The summed E-state index contributed by atoms with van der Waals surface area (Å²) in [7, 11) is 1.80. The summed E-state index contributed by atoms with van der Waals surface area (Å²) in [5.74, 6) is 0.794. The van der Waals surface area contributed by atoms with Gasteiger partial charge >= 0.3 is 0 Å². The molecule has 31 heavy (non-hydrogen) atoms. The Kier molecular flexibility index (Phi) is 7.28. The van der Waals surface area contributed by atoms with E-state index in [4.69, 9.17) is 0 Å². The maximum atomic E-state index is 4.35. The second kappa shape index (κ2) is 10.7. The van der Waals surface area contributed by atoms with Crippen LogP contribution in [0, 0.1) is 0 Å². The summed E-state index contributed by atoms with van der Waals surface area (Å²) < 4.78 is 1.82. The molecule has 1 aromatic heterocycles. The Labute approximate surface area is 184 Å². The highest BCUT2D eigenvalue weighted by Gasteiger charge is 2.11. The fraction of sp³-hybridized carbons (Fsp3) is 0.375. The number of aliphatic imine (C=N–C) groups is 1. The molecule has 4 rings (SSSR count). The van der Waals surface area contributed by atoms with E-state index in [1.54, 1.807) is 19.7 Å². The lowest BCUT2D eigenvalue weighted by atomic mass is 10.1. The van der Waals surface area contributed by atoms with Crippen molar-refractivity contribution >= 4 is 5.96 Å². The van der Waals surface area contributed by atoms with Crippen LogP contribution in [0.15, 0.2) is 66.2 Å². The smallest absolute Gasteiger partial charge is 0.191 e. The van der Waals surface area contributed by atoms with E-state index >= 15 is 0 Å². The molecule has 0 amide bonds. The minimum Gasteiger partial charge on any atom is -0.352 e. The van der Waals surface area contributed by atoms with E-state index in [0.717, 1.165) is 19.0 Å². The van der Waals surface area contributed by atoms with Gasteiger partial charge in [-0.25, -0.2) is 9.67 Å². The predicted octanol–water partition coefficient (Wildman–Crippen LogP) is 2.79. The first-order valence-electron chi connectivity index (χ1n) is 10.9. The molecule has 7 nitrogen and oxygen atoms in total. The molecule has 1 aliphatic heterocycles. The van der Waals surface area contributed by atoms with E-state index < -0.39 is 0 Å². The lowest BCUT2D eigenvalue weighted by molar-refractivity contribution is 0.331. The van der Waals surface area contributed by atoms with E-state index in [1.807, 2.05) is 4.68 Å². The average molecular weight is 418 g/mol. The molecule has 0 spiro atoms. The quantitative estimate of drug-likeness (QED) is 0.436. The van der Waals surface area contributed by atoms with Gasteiger partial charge < -0.3 is 10.6 Å². The van der Waals surface area contributed by atoms with Crippen LogP contribution in [0.2, 0.25) is 0 Å². The minimum absolute atomic E-state index is 0.708. The number of likely N-dealkylation sites (tertiary alicyclic amines) is 1. The van der Waals surface area contributed by atoms with Crippen LogP contribution in [-0.4, -0.2) is 45.8 Å². The largest absolute Gasteiger partial charge is 0.352 e.